The summed E-state index contributed by atoms with van der Waals surface area (Å²) in [4.78, 5) is 0.629. The minimum atomic E-state index is -1.17. The van der Waals surface area contributed by atoms with Crippen LogP contribution in [0.4, 0.5) is 0 Å². The fraction of sp³-hybridized carbons (Fsp3) is 0.176. The molecule has 0 aliphatic heterocycles. The lowest BCUT2D eigenvalue weighted by atomic mass is 10.1. The van der Waals surface area contributed by atoms with Crippen LogP contribution in [0.3, 0.4) is 0 Å². The topological polar surface area (TPSA) is 37.3 Å². The van der Waals surface area contributed by atoms with Crippen molar-refractivity contribution in [2.45, 2.75) is 17.4 Å². The maximum Gasteiger partial charge on any atom is 0.140 e. The quantitative estimate of drug-likeness (QED) is 0.875. The molecule has 0 aliphatic rings. The Labute approximate surface area is 132 Å². The van der Waals surface area contributed by atoms with Crippen LogP contribution in [-0.4, -0.2) is 15.1 Å². The molecule has 0 aliphatic carbocycles. The van der Waals surface area contributed by atoms with E-state index in [1.807, 2.05) is 36.4 Å². The summed E-state index contributed by atoms with van der Waals surface area (Å²) in [5, 5.41) is 10.4. The standard InChI is InChI=1S/C17H15ClO2S/c18-15-10-4-5-12-17(15)21(20)13-7-6-11-16(19)14-8-2-1-3-9-14/h1-5,8-10,12,16,19H,7,13H2. The number of aliphatic hydroxyl groups is 1. The van der Waals surface area contributed by atoms with Crippen molar-refractivity contribution in [2.24, 2.45) is 0 Å². The summed E-state index contributed by atoms with van der Waals surface area (Å²) in [5.74, 6) is 6.03. The molecular formula is C17H15ClO2S. The first-order chi connectivity index (χ1) is 10.2. The smallest absolute Gasteiger partial charge is 0.140 e. The van der Waals surface area contributed by atoms with Crippen molar-refractivity contribution in [3.8, 4) is 11.8 Å². The summed E-state index contributed by atoms with van der Waals surface area (Å²) in [7, 11) is -1.17. The molecule has 0 saturated carbocycles. The zero-order chi connectivity index (χ0) is 15.1. The van der Waals surface area contributed by atoms with Crippen LogP contribution in [0.15, 0.2) is 59.5 Å². The van der Waals surface area contributed by atoms with Gasteiger partial charge in [0.15, 0.2) is 0 Å². The van der Waals surface area contributed by atoms with Gasteiger partial charge in [0.2, 0.25) is 0 Å². The van der Waals surface area contributed by atoms with Gasteiger partial charge in [-0.1, -0.05) is 65.9 Å². The van der Waals surface area contributed by atoms with Gasteiger partial charge in [0.05, 0.1) is 20.7 Å². The Kier molecular flexibility index (Phi) is 6.01. The predicted molar refractivity (Wildman–Crippen MR) is 86.5 cm³/mol. The molecule has 21 heavy (non-hydrogen) atoms. The van der Waals surface area contributed by atoms with Gasteiger partial charge in [-0.2, -0.15) is 0 Å². The summed E-state index contributed by atoms with van der Waals surface area (Å²) in [5.41, 5.74) is 0.761. The molecule has 2 nitrogen and oxygen atoms in total. The van der Waals surface area contributed by atoms with Crippen LogP contribution in [0.5, 0.6) is 0 Å². The molecule has 0 heterocycles. The zero-order valence-electron chi connectivity index (χ0n) is 11.3. The van der Waals surface area contributed by atoms with Gasteiger partial charge in [0.1, 0.15) is 6.10 Å². The van der Waals surface area contributed by atoms with Crippen molar-refractivity contribution < 1.29 is 9.32 Å². The third-order valence-corrected chi connectivity index (χ3v) is 4.71. The normalized spacial score (nSPS) is 13.0. The molecule has 0 radical (unpaired) electrons. The molecule has 0 saturated heterocycles. The molecule has 2 rings (SSSR count). The Morgan fingerprint density at radius 3 is 2.48 bits per heavy atom. The highest BCUT2D eigenvalue weighted by molar-refractivity contribution is 7.85. The number of benzene rings is 2. The molecular weight excluding hydrogens is 304 g/mol. The molecule has 0 aromatic heterocycles. The first-order valence-corrected chi connectivity index (χ1v) is 8.22. The summed E-state index contributed by atoms with van der Waals surface area (Å²) in [6.45, 7) is 0. The highest BCUT2D eigenvalue weighted by Gasteiger charge is 2.07. The maximum atomic E-state index is 12.1. The van der Waals surface area contributed by atoms with Gasteiger partial charge in [0, 0.05) is 12.2 Å². The maximum absolute atomic E-state index is 12.1. The lowest BCUT2D eigenvalue weighted by Crippen LogP contribution is -1.98. The third kappa shape index (κ3) is 4.71. The van der Waals surface area contributed by atoms with E-state index in [1.54, 1.807) is 18.2 Å². The van der Waals surface area contributed by atoms with E-state index in [4.69, 9.17) is 11.6 Å². The van der Waals surface area contributed by atoms with Gasteiger partial charge in [-0.15, -0.1) is 0 Å². The number of hydrogen-bond acceptors (Lipinski definition) is 2. The van der Waals surface area contributed by atoms with Crippen molar-refractivity contribution in [2.75, 3.05) is 5.75 Å². The Balaban J connectivity index is 1.89. The number of rotatable bonds is 4. The first kappa shape index (κ1) is 15.8. The van der Waals surface area contributed by atoms with Crippen LogP contribution in [0.1, 0.15) is 18.1 Å². The minimum absolute atomic E-state index is 0.401. The van der Waals surface area contributed by atoms with Gasteiger partial charge in [-0.25, -0.2) is 0 Å². The molecule has 0 spiro atoms. The SMILES string of the molecule is O=S(CCC#CC(O)c1ccccc1)c1ccccc1Cl. The Morgan fingerprint density at radius 2 is 1.76 bits per heavy atom. The average molecular weight is 319 g/mol. The van der Waals surface area contributed by atoms with E-state index in [2.05, 4.69) is 11.8 Å². The van der Waals surface area contributed by atoms with Crippen molar-refractivity contribution in [3.05, 3.63) is 65.2 Å². The molecule has 2 atom stereocenters. The molecule has 108 valence electrons. The predicted octanol–water partition coefficient (Wildman–Crippen LogP) is 3.57. The molecule has 2 aromatic rings. The minimum Gasteiger partial charge on any atom is -0.376 e. The van der Waals surface area contributed by atoms with Gasteiger partial charge < -0.3 is 5.11 Å². The Bertz CT molecular complexity index is 674. The van der Waals surface area contributed by atoms with E-state index in [-0.39, 0.29) is 0 Å². The average Bonchev–Trinajstić information content (AvgIpc) is 2.52. The van der Waals surface area contributed by atoms with E-state index in [1.165, 1.54) is 0 Å². The van der Waals surface area contributed by atoms with Crippen LogP contribution in [0.25, 0.3) is 0 Å². The van der Waals surface area contributed by atoms with Crippen LogP contribution >= 0.6 is 11.6 Å². The fourth-order valence-electron chi connectivity index (χ4n) is 1.77. The Morgan fingerprint density at radius 1 is 1.10 bits per heavy atom. The van der Waals surface area contributed by atoms with E-state index in [0.29, 0.717) is 22.1 Å². The summed E-state index contributed by atoms with van der Waals surface area (Å²) in [6, 6.07) is 16.3. The van der Waals surface area contributed by atoms with Crippen LogP contribution in [0.2, 0.25) is 5.02 Å². The van der Waals surface area contributed by atoms with Gasteiger partial charge in [0.25, 0.3) is 0 Å². The van der Waals surface area contributed by atoms with E-state index < -0.39 is 16.9 Å². The Hall–Kier alpha value is -1.60. The molecule has 2 aromatic carbocycles. The lowest BCUT2D eigenvalue weighted by Gasteiger charge is -2.03. The van der Waals surface area contributed by atoms with Gasteiger partial charge >= 0.3 is 0 Å². The van der Waals surface area contributed by atoms with Crippen molar-refractivity contribution in [1.82, 2.24) is 0 Å². The van der Waals surface area contributed by atoms with Crippen LogP contribution < -0.4 is 0 Å². The monoisotopic (exact) mass is 318 g/mol. The second kappa shape index (κ2) is 7.99. The highest BCUT2D eigenvalue weighted by atomic mass is 35.5. The number of aliphatic hydroxyl groups excluding tert-OH is 1. The van der Waals surface area contributed by atoms with Crippen molar-refractivity contribution in [1.29, 1.82) is 0 Å². The summed E-state index contributed by atoms with van der Waals surface area (Å²) in [6.07, 6.45) is -0.359. The molecule has 0 bridgehead atoms. The lowest BCUT2D eigenvalue weighted by molar-refractivity contribution is 0.238. The van der Waals surface area contributed by atoms with Crippen LogP contribution in [-0.2, 0) is 10.8 Å². The van der Waals surface area contributed by atoms with E-state index >= 15 is 0 Å². The third-order valence-electron chi connectivity index (χ3n) is 2.85. The second-order valence-corrected chi connectivity index (χ2v) is 6.31. The second-order valence-electron chi connectivity index (χ2n) is 4.36. The molecule has 0 fully saturated rings. The van der Waals surface area contributed by atoms with Gasteiger partial charge in [-0.3, -0.25) is 4.21 Å². The zero-order valence-corrected chi connectivity index (χ0v) is 12.9. The molecule has 2 unspecified atom stereocenters. The molecule has 4 heteroatoms. The van der Waals surface area contributed by atoms with E-state index in [0.717, 1.165) is 5.56 Å². The fourth-order valence-corrected chi connectivity index (χ4v) is 3.19. The summed E-state index contributed by atoms with van der Waals surface area (Å²) >= 11 is 5.99. The van der Waals surface area contributed by atoms with Crippen LogP contribution in [0, 0.1) is 11.8 Å². The van der Waals surface area contributed by atoms with E-state index in [9.17, 15) is 9.32 Å². The number of hydrogen-bond donors (Lipinski definition) is 1. The van der Waals surface area contributed by atoms with Gasteiger partial charge in [-0.05, 0) is 17.7 Å². The molecule has 0 amide bonds. The first-order valence-electron chi connectivity index (χ1n) is 6.53. The highest BCUT2D eigenvalue weighted by Crippen LogP contribution is 2.19. The largest absolute Gasteiger partial charge is 0.376 e. The summed E-state index contributed by atoms with van der Waals surface area (Å²) < 4.78 is 12.1. The molecule has 1 N–H and O–H groups in total. The van der Waals surface area contributed by atoms with Crippen molar-refractivity contribution in [3.63, 3.8) is 0 Å². The van der Waals surface area contributed by atoms with Crippen molar-refractivity contribution >= 4 is 22.4 Å². The number of halogens is 1.